The number of unbranched alkanes of at least 4 members (excludes halogenated alkanes) is 2. The molecule has 1 heteroatoms. The first-order valence-corrected chi connectivity index (χ1v) is 8.57. The van der Waals surface area contributed by atoms with Crippen LogP contribution in [-0.2, 0) is 19.3 Å². The van der Waals surface area contributed by atoms with Crippen LogP contribution < -0.4 is 0 Å². The van der Waals surface area contributed by atoms with Crippen molar-refractivity contribution in [2.45, 2.75) is 51.9 Å². The summed E-state index contributed by atoms with van der Waals surface area (Å²) in [7, 11) is 0. The number of benzene rings is 2. The van der Waals surface area contributed by atoms with Crippen LogP contribution in [0.1, 0.15) is 49.3 Å². The Bertz CT molecular complexity index is 628. The first-order valence-electron chi connectivity index (χ1n) is 8.19. The molecule has 3 rings (SSSR count). The SMILES string of the molecule is CCCCCc1cccc(-c2cccc3c2CCC3)c1Cl. The predicted octanol–water partition coefficient (Wildman–Crippen LogP) is 6.23. The second-order valence-electron chi connectivity index (χ2n) is 6.03. The van der Waals surface area contributed by atoms with Gasteiger partial charge in [-0.15, -0.1) is 0 Å². The summed E-state index contributed by atoms with van der Waals surface area (Å²) in [6, 6.07) is 13.2. The molecule has 0 N–H and O–H groups in total. The molecule has 0 spiro atoms. The van der Waals surface area contributed by atoms with E-state index >= 15 is 0 Å². The van der Waals surface area contributed by atoms with Gasteiger partial charge in [0.2, 0.25) is 0 Å². The molecule has 0 saturated carbocycles. The molecule has 21 heavy (non-hydrogen) atoms. The Labute approximate surface area is 133 Å². The molecular formula is C20H23Cl. The van der Waals surface area contributed by atoms with Gasteiger partial charge in [-0.05, 0) is 54.4 Å². The second-order valence-corrected chi connectivity index (χ2v) is 6.41. The van der Waals surface area contributed by atoms with Crippen molar-refractivity contribution in [2.75, 3.05) is 0 Å². The highest BCUT2D eigenvalue weighted by molar-refractivity contribution is 6.34. The summed E-state index contributed by atoms with van der Waals surface area (Å²) < 4.78 is 0. The Kier molecular flexibility index (Phi) is 4.65. The van der Waals surface area contributed by atoms with Crippen molar-refractivity contribution in [1.82, 2.24) is 0 Å². The van der Waals surface area contributed by atoms with Gasteiger partial charge in [0.05, 0.1) is 5.02 Å². The second kappa shape index (κ2) is 6.66. The average Bonchev–Trinajstić information content (AvgIpc) is 2.98. The van der Waals surface area contributed by atoms with Gasteiger partial charge >= 0.3 is 0 Å². The first-order chi connectivity index (χ1) is 10.3. The van der Waals surface area contributed by atoms with E-state index in [1.807, 2.05) is 0 Å². The third-order valence-corrected chi connectivity index (χ3v) is 5.01. The normalized spacial score (nSPS) is 13.4. The summed E-state index contributed by atoms with van der Waals surface area (Å²) in [5.74, 6) is 0. The molecule has 0 saturated heterocycles. The zero-order valence-electron chi connectivity index (χ0n) is 12.8. The number of hydrogen-bond acceptors (Lipinski definition) is 0. The molecule has 0 aromatic heterocycles. The molecule has 1 aliphatic carbocycles. The Morgan fingerprint density at radius 3 is 2.62 bits per heavy atom. The van der Waals surface area contributed by atoms with Gasteiger partial charge in [-0.2, -0.15) is 0 Å². The van der Waals surface area contributed by atoms with E-state index in [1.54, 1.807) is 0 Å². The Hall–Kier alpha value is -1.27. The first kappa shape index (κ1) is 14.7. The van der Waals surface area contributed by atoms with Crippen LogP contribution in [0.4, 0.5) is 0 Å². The fourth-order valence-corrected chi connectivity index (χ4v) is 3.74. The molecule has 0 unspecified atom stereocenters. The molecule has 0 atom stereocenters. The summed E-state index contributed by atoms with van der Waals surface area (Å²) in [6.45, 7) is 2.24. The molecule has 0 heterocycles. The molecule has 0 amide bonds. The van der Waals surface area contributed by atoms with Gasteiger partial charge in [0, 0.05) is 5.56 Å². The molecule has 0 bridgehead atoms. The molecule has 2 aromatic rings. The van der Waals surface area contributed by atoms with Crippen molar-refractivity contribution in [1.29, 1.82) is 0 Å². The monoisotopic (exact) mass is 298 g/mol. The maximum atomic E-state index is 6.72. The summed E-state index contributed by atoms with van der Waals surface area (Å²) in [5, 5.41) is 0.967. The van der Waals surface area contributed by atoms with E-state index in [0.717, 1.165) is 11.4 Å². The van der Waals surface area contributed by atoms with Crippen LogP contribution in [0.5, 0.6) is 0 Å². The molecule has 0 fully saturated rings. The summed E-state index contributed by atoms with van der Waals surface area (Å²) in [5.41, 5.74) is 6.92. The number of fused-ring (bicyclic) bond motifs is 1. The number of aryl methyl sites for hydroxylation is 2. The van der Waals surface area contributed by atoms with Crippen molar-refractivity contribution in [3.05, 3.63) is 58.1 Å². The van der Waals surface area contributed by atoms with Gasteiger partial charge in [-0.25, -0.2) is 0 Å². The topological polar surface area (TPSA) is 0 Å². The minimum absolute atomic E-state index is 0.967. The van der Waals surface area contributed by atoms with E-state index < -0.39 is 0 Å². The fraction of sp³-hybridized carbons (Fsp3) is 0.400. The lowest BCUT2D eigenvalue weighted by Crippen LogP contribution is -1.93. The molecular weight excluding hydrogens is 276 g/mol. The highest BCUT2D eigenvalue weighted by Crippen LogP contribution is 2.37. The fourth-order valence-electron chi connectivity index (χ4n) is 3.42. The van der Waals surface area contributed by atoms with Gasteiger partial charge in [-0.3, -0.25) is 0 Å². The van der Waals surface area contributed by atoms with Crippen LogP contribution in [0.25, 0.3) is 11.1 Å². The van der Waals surface area contributed by atoms with Gasteiger partial charge in [-0.1, -0.05) is 67.8 Å². The zero-order chi connectivity index (χ0) is 14.7. The highest BCUT2D eigenvalue weighted by atomic mass is 35.5. The highest BCUT2D eigenvalue weighted by Gasteiger charge is 2.17. The summed E-state index contributed by atoms with van der Waals surface area (Å²) in [4.78, 5) is 0. The number of rotatable bonds is 5. The maximum absolute atomic E-state index is 6.72. The Balaban J connectivity index is 1.96. The van der Waals surface area contributed by atoms with Crippen molar-refractivity contribution in [3.8, 4) is 11.1 Å². The lowest BCUT2D eigenvalue weighted by Gasteiger charge is -2.13. The van der Waals surface area contributed by atoms with Crippen LogP contribution in [0.15, 0.2) is 36.4 Å². The molecule has 110 valence electrons. The molecule has 0 radical (unpaired) electrons. The van der Waals surface area contributed by atoms with E-state index in [1.165, 1.54) is 66.3 Å². The standard InChI is InChI=1S/C20H23Cl/c1-2-3-4-8-16-11-7-14-19(20(16)21)18-13-6-10-15-9-5-12-17(15)18/h6-7,10-11,13-14H,2-5,8-9,12H2,1H3. The summed E-state index contributed by atoms with van der Waals surface area (Å²) >= 11 is 6.72. The van der Waals surface area contributed by atoms with E-state index in [9.17, 15) is 0 Å². The largest absolute Gasteiger partial charge is 0.0834 e. The van der Waals surface area contributed by atoms with Crippen LogP contribution in [0.2, 0.25) is 5.02 Å². The van der Waals surface area contributed by atoms with E-state index in [2.05, 4.69) is 43.3 Å². The third-order valence-electron chi connectivity index (χ3n) is 4.56. The van der Waals surface area contributed by atoms with Crippen LogP contribution in [0, 0.1) is 0 Å². The maximum Gasteiger partial charge on any atom is 0.0516 e. The van der Waals surface area contributed by atoms with Gasteiger partial charge in [0.15, 0.2) is 0 Å². The van der Waals surface area contributed by atoms with Crippen molar-refractivity contribution in [3.63, 3.8) is 0 Å². The number of halogens is 1. The lowest BCUT2D eigenvalue weighted by molar-refractivity contribution is 0.717. The summed E-state index contributed by atoms with van der Waals surface area (Å²) in [6.07, 6.45) is 8.55. The van der Waals surface area contributed by atoms with E-state index in [-0.39, 0.29) is 0 Å². The van der Waals surface area contributed by atoms with Gasteiger partial charge in [0.1, 0.15) is 0 Å². The molecule has 0 nitrogen and oxygen atoms in total. The predicted molar refractivity (Wildman–Crippen MR) is 92.1 cm³/mol. The average molecular weight is 299 g/mol. The van der Waals surface area contributed by atoms with E-state index in [4.69, 9.17) is 11.6 Å². The minimum atomic E-state index is 0.967. The van der Waals surface area contributed by atoms with Crippen molar-refractivity contribution >= 4 is 11.6 Å². The number of hydrogen-bond donors (Lipinski definition) is 0. The van der Waals surface area contributed by atoms with E-state index in [0.29, 0.717) is 0 Å². The molecule has 2 aromatic carbocycles. The minimum Gasteiger partial charge on any atom is -0.0834 e. The third kappa shape index (κ3) is 3.01. The van der Waals surface area contributed by atoms with Gasteiger partial charge < -0.3 is 0 Å². The smallest absolute Gasteiger partial charge is 0.0516 e. The van der Waals surface area contributed by atoms with Crippen LogP contribution >= 0.6 is 11.6 Å². The van der Waals surface area contributed by atoms with Crippen molar-refractivity contribution < 1.29 is 0 Å². The quantitative estimate of drug-likeness (QED) is 0.574. The molecule has 0 aliphatic heterocycles. The Morgan fingerprint density at radius 2 is 1.76 bits per heavy atom. The van der Waals surface area contributed by atoms with Crippen LogP contribution in [-0.4, -0.2) is 0 Å². The van der Waals surface area contributed by atoms with Gasteiger partial charge in [0.25, 0.3) is 0 Å². The lowest BCUT2D eigenvalue weighted by atomic mass is 9.94. The van der Waals surface area contributed by atoms with Crippen molar-refractivity contribution in [2.24, 2.45) is 0 Å². The van der Waals surface area contributed by atoms with Crippen LogP contribution in [0.3, 0.4) is 0 Å². The Morgan fingerprint density at radius 1 is 0.952 bits per heavy atom. The molecule has 1 aliphatic rings. The zero-order valence-corrected chi connectivity index (χ0v) is 13.5.